The van der Waals surface area contributed by atoms with Gasteiger partial charge in [-0.25, -0.2) is 4.68 Å². The number of aromatic nitrogens is 3. The van der Waals surface area contributed by atoms with E-state index in [1.54, 1.807) is 7.11 Å². The van der Waals surface area contributed by atoms with Gasteiger partial charge in [-0.15, -0.1) is 5.10 Å². The second-order valence-corrected chi connectivity index (χ2v) is 8.45. The van der Waals surface area contributed by atoms with E-state index in [1.165, 1.54) is 12.8 Å². The molecule has 0 radical (unpaired) electrons. The lowest BCUT2D eigenvalue weighted by molar-refractivity contribution is 0.0153. The number of rotatable bonds is 8. The molecule has 0 bridgehead atoms. The Bertz CT molecular complexity index is 772. The van der Waals surface area contributed by atoms with Crippen LogP contribution >= 0.6 is 15.9 Å². The number of fused-ring (bicyclic) bond motifs is 1. The first kappa shape index (κ1) is 19.1. The average molecular weight is 439 g/mol. The van der Waals surface area contributed by atoms with Crippen molar-refractivity contribution < 1.29 is 14.6 Å². The van der Waals surface area contributed by atoms with Gasteiger partial charge in [-0.05, 0) is 59.7 Å². The molecule has 1 aliphatic carbocycles. The Morgan fingerprint density at radius 1 is 1.26 bits per heavy atom. The van der Waals surface area contributed by atoms with Crippen molar-refractivity contribution in [1.29, 1.82) is 0 Å². The third-order valence-corrected chi connectivity index (χ3v) is 6.25. The van der Waals surface area contributed by atoms with Crippen LogP contribution in [-0.4, -0.2) is 70.6 Å². The van der Waals surface area contributed by atoms with E-state index in [4.69, 9.17) is 9.47 Å². The Balaban J connectivity index is 1.32. The molecular weight excluding hydrogens is 412 g/mol. The Morgan fingerprint density at radius 2 is 2.04 bits per heavy atom. The van der Waals surface area contributed by atoms with Crippen LogP contribution < -0.4 is 4.74 Å². The minimum Gasteiger partial charge on any atom is -0.490 e. The molecule has 1 unspecified atom stereocenters. The fraction of sp³-hybridized carbons (Fsp3) is 0.684. The number of nitrogens with zero attached hydrogens (tertiary/aromatic N) is 4. The molecule has 1 N–H and O–H groups in total. The summed E-state index contributed by atoms with van der Waals surface area (Å²) in [6.45, 7) is 3.71. The maximum atomic E-state index is 10.4. The number of hydrogen-bond donors (Lipinski definition) is 1. The molecule has 1 aliphatic heterocycles. The predicted octanol–water partition coefficient (Wildman–Crippen LogP) is 2.45. The molecule has 1 aromatic carbocycles. The number of halogens is 1. The number of likely N-dealkylation sites (tertiary alicyclic amines) is 1. The fourth-order valence-electron chi connectivity index (χ4n) is 3.64. The summed E-state index contributed by atoms with van der Waals surface area (Å²) in [5, 5.41) is 18.9. The Kier molecular flexibility index (Phi) is 5.96. The number of β-amino-alcohol motifs (C(OH)–C–C–N with tert-alkyl or cyclic N) is 1. The Hall–Kier alpha value is -1.22. The van der Waals surface area contributed by atoms with Gasteiger partial charge in [0.25, 0.3) is 0 Å². The van der Waals surface area contributed by atoms with Gasteiger partial charge in [-0.2, -0.15) is 0 Å². The molecule has 8 heteroatoms. The van der Waals surface area contributed by atoms with Crippen LogP contribution in [0.1, 0.15) is 25.7 Å². The molecule has 1 aromatic heterocycles. The minimum absolute atomic E-state index is 0.254. The zero-order valence-electron chi connectivity index (χ0n) is 15.7. The third kappa shape index (κ3) is 4.62. The van der Waals surface area contributed by atoms with Crippen LogP contribution in [0.4, 0.5) is 0 Å². The van der Waals surface area contributed by atoms with Crippen LogP contribution in [0.25, 0.3) is 11.0 Å². The van der Waals surface area contributed by atoms with Gasteiger partial charge in [0.05, 0.1) is 16.1 Å². The van der Waals surface area contributed by atoms with Crippen molar-refractivity contribution >= 4 is 27.0 Å². The number of piperidine rings is 1. The smallest absolute Gasteiger partial charge is 0.136 e. The summed E-state index contributed by atoms with van der Waals surface area (Å²) in [4.78, 5) is 2.27. The highest BCUT2D eigenvalue weighted by molar-refractivity contribution is 9.10. The second-order valence-electron chi connectivity index (χ2n) is 7.66. The topological polar surface area (TPSA) is 72.6 Å². The number of hydrogen-bond acceptors (Lipinski definition) is 6. The molecule has 2 aromatic rings. The lowest BCUT2D eigenvalue weighted by atomic mass is 10.1. The van der Waals surface area contributed by atoms with E-state index in [2.05, 4.69) is 31.1 Å². The standard InChI is InChI=1S/C19H27BrN4O3/c1-26-15-6-8-23(9-7-15)11-14(25)12-27-17-5-4-16-19(18(17)20)21-22-24(16)10-13-2-3-13/h4-5,13-15,25H,2-3,6-12H2,1H3. The van der Waals surface area contributed by atoms with Crippen LogP contribution in [0.3, 0.4) is 0 Å². The summed E-state index contributed by atoms with van der Waals surface area (Å²) in [6.07, 6.45) is 4.42. The number of benzene rings is 1. The van der Waals surface area contributed by atoms with Crippen LogP contribution in [0.2, 0.25) is 0 Å². The van der Waals surface area contributed by atoms with E-state index in [0.29, 0.717) is 18.4 Å². The highest BCUT2D eigenvalue weighted by Gasteiger charge is 2.24. The molecule has 1 saturated carbocycles. The first-order valence-electron chi connectivity index (χ1n) is 9.71. The molecule has 2 aliphatic rings. The summed E-state index contributed by atoms with van der Waals surface area (Å²) in [5.74, 6) is 1.44. The van der Waals surface area contributed by atoms with Gasteiger partial charge in [-0.3, -0.25) is 0 Å². The number of methoxy groups -OCH3 is 1. The molecule has 1 atom stereocenters. The quantitative estimate of drug-likeness (QED) is 0.682. The van der Waals surface area contributed by atoms with E-state index < -0.39 is 6.10 Å². The summed E-state index contributed by atoms with van der Waals surface area (Å²) >= 11 is 3.59. The highest BCUT2D eigenvalue weighted by Crippen LogP contribution is 2.34. The maximum absolute atomic E-state index is 10.4. The van der Waals surface area contributed by atoms with Crippen molar-refractivity contribution in [3.8, 4) is 5.75 Å². The normalized spacial score (nSPS) is 20.3. The maximum Gasteiger partial charge on any atom is 0.136 e. The Morgan fingerprint density at radius 3 is 2.74 bits per heavy atom. The van der Waals surface area contributed by atoms with Crippen LogP contribution in [0, 0.1) is 5.92 Å². The molecule has 0 spiro atoms. The summed E-state index contributed by atoms with van der Waals surface area (Å²) in [6, 6.07) is 3.93. The van der Waals surface area contributed by atoms with Gasteiger partial charge in [0, 0.05) is 33.3 Å². The van der Waals surface area contributed by atoms with Gasteiger partial charge in [-0.1, -0.05) is 5.21 Å². The van der Waals surface area contributed by atoms with Gasteiger partial charge < -0.3 is 19.5 Å². The number of aliphatic hydroxyl groups is 1. The van der Waals surface area contributed by atoms with Crippen LogP contribution in [0.5, 0.6) is 5.75 Å². The lowest BCUT2D eigenvalue weighted by Gasteiger charge is -2.32. The van der Waals surface area contributed by atoms with Gasteiger partial charge >= 0.3 is 0 Å². The number of aliphatic hydroxyl groups excluding tert-OH is 1. The molecule has 4 rings (SSSR count). The molecule has 0 amide bonds. The molecule has 27 heavy (non-hydrogen) atoms. The molecule has 2 fully saturated rings. The van der Waals surface area contributed by atoms with Crippen molar-refractivity contribution in [2.45, 2.75) is 44.4 Å². The van der Waals surface area contributed by atoms with E-state index in [0.717, 1.165) is 53.9 Å². The highest BCUT2D eigenvalue weighted by atomic mass is 79.9. The second kappa shape index (κ2) is 8.43. The fourth-order valence-corrected chi connectivity index (χ4v) is 4.17. The predicted molar refractivity (Wildman–Crippen MR) is 106 cm³/mol. The SMILES string of the molecule is COC1CCN(CC(O)COc2ccc3c(nnn3CC3CC3)c2Br)CC1. The van der Waals surface area contributed by atoms with Crippen molar-refractivity contribution in [1.82, 2.24) is 19.9 Å². The van der Waals surface area contributed by atoms with Crippen molar-refractivity contribution in [2.24, 2.45) is 5.92 Å². The van der Waals surface area contributed by atoms with Crippen LogP contribution in [0.15, 0.2) is 16.6 Å². The van der Waals surface area contributed by atoms with Crippen molar-refractivity contribution in [2.75, 3.05) is 33.4 Å². The van der Waals surface area contributed by atoms with E-state index >= 15 is 0 Å². The molecular formula is C19H27BrN4O3. The molecule has 1 saturated heterocycles. The number of ether oxygens (including phenoxy) is 2. The summed E-state index contributed by atoms with van der Waals surface area (Å²) in [5.41, 5.74) is 1.83. The largest absolute Gasteiger partial charge is 0.490 e. The zero-order valence-corrected chi connectivity index (χ0v) is 17.3. The lowest BCUT2D eigenvalue weighted by Crippen LogP contribution is -2.42. The molecule has 7 nitrogen and oxygen atoms in total. The van der Waals surface area contributed by atoms with Crippen molar-refractivity contribution in [3.63, 3.8) is 0 Å². The van der Waals surface area contributed by atoms with E-state index in [1.807, 2.05) is 16.8 Å². The summed E-state index contributed by atoms with van der Waals surface area (Å²) < 4.78 is 14.0. The summed E-state index contributed by atoms with van der Waals surface area (Å²) in [7, 11) is 1.77. The third-order valence-electron chi connectivity index (χ3n) is 5.49. The van der Waals surface area contributed by atoms with Gasteiger partial charge in [0.2, 0.25) is 0 Å². The zero-order chi connectivity index (χ0) is 18.8. The monoisotopic (exact) mass is 438 g/mol. The van der Waals surface area contributed by atoms with Gasteiger partial charge in [0.15, 0.2) is 0 Å². The van der Waals surface area contributed by atoms with E-state index in [-0.39, 0.29) is 6.61 Å². The van der Waals surface area contributed by atoms with Crippen molar-refractivity contribution in [3.05, 3.63) is 16.6 Å². The Labute approximate surface area is 167 Å². The van der Waals surface area contributed by atoms with E-state index in [9.17, 15) is 5.11 Å². The first-order valence-corrected chi connectivity index (χ1v) is 10.5. The van der Waals surface area contributed by atoms with Gasteiger partial charge in [0.1, 0.15) is 24.0 Å². The first-order chi connectivity index (χ1) is 13.1. The molecule has 148 valence electrons. The molecule has 2 heterocycles. The average Bonchev–Trinajstić information content (AvgIpc) is 3.40. The van der Waals surface area contributed by atoms with Crippen LogP contribution in [-0.2, 0) is 11.3 Å². The minimum atomic E-state index is -0.530.